The minimum Gasteiger partial charge on any atom is -0.475 e. The standard InChI is InChI=1S/C28H32FN3O.C2HF3O2/c1-3-21-6-4-9-25(14-21)28(33)31-17-22-10-11-27(29)26(16-22)24-8-5-7-23(15-24)19-32-13-12-30-20(2)18-32;3-2(4,5)1(6)7/h4-11,14-16,20,30H,3,12-13,17-19H2,1-2H3,(H,31,33);(H,6,7)/t20-;/m0./s1. The maximum absolute atomic E-state index is 14.7. The van der Waals surface area contributed by atoms with Crippen LogP contribution in [0.15, 0.2) is 66.7 Å². The Balaban J connectivity index is 0.000000559. The lowest BCUT2D eigenvalue weighted by Gasteiger charge is -2.31. The Bertz CT molecular complexity index is 1310. The second kappa shape index (κ2) is 14.0. The zero-order valence-electron chi connectivity index (χ0n) is 22.4. The summed E-state index contributed by atoms with van der Waals surface area (Å²) in [6, 6.07) is 21.3. The monoisotopic (exact) mass is 559 g/mol. The number of halogens is 4. The third-order valence-corrected chi connectivity index (χ3v) is 6.42. The number of carbonyl (C=O) groups is 2. The molecule has 1 aliphatic heterocycles. The van der Waals surface area contributed by atoms with Gasteiger partial charge < -0.3 is 15.7 Å². The number of benzene rings is 3. The number of aryl methyl sites for hydroxylation is 1. The van der Waals surface area contributed by atoms with E-state index < -0.39 is 12.1 Å². The molecule has 1 saturated heterocycles. The minimum absolute atomic E-state index is 0.122. The number of hydrogen-bond donors (Lipinski definition) is 3. The first kappa shape index (κ1) is 30.8. The molecule has 4 rings (SSSR count). The molecular weight excluding hydrogens is 526 g/mol. The second-order valence-corrected chi connectivity index (χ2v) is 9.64. The van der Waals surface area contributed by atoms with Crippen LogP contribution in [0.3, 0.4) is 0 Å². The number of aliphatic carboxylic acids is 1. The number of carboxylic acid groups (broad SMARTS) is 1. The zero-order chi connectivity index (χ0) is 29.3. The number of rotatable bonds is 7. The first-order valence-corrected chi connectivity index (χ1v) is 13.0. The predicted molar refractivity (Wildman–Crippen MR) is 145 cm³/mol. The molecule has 214 valence electrons. The van der Waals surface area contributed by atoms with E-state index in [9.17, 15) is 22.4 Å². The van der Waals surface area contributed by atoms with Crippen LogP contribution in [-0.2, 0) is 24.3 Å². The maximum Gasteiger partial charge on any atom is 0.490 e. The number of carbonyl (C=O) groups excluding carboxylic acids is 1. The number of piperazine rings is 1. The summed E-state index contributed by atoms with van der Waals surface area (Å²) in [6.45, 7) is 8.48. The topological polar surface area (TPSA) is 81.7 Å². The number of nitrogens with zero attached hydrogens (tertiary/aromatic N) is 1. The lowest BCUT2D eigenvalue weighted by Crippen LogP contribution is -2.48. The van der Waals surface area contributed by atoms with E-state index in [-0.39, 0.29) is 11.7 Å². The summed E-state index contributed by atoms with van der Waals surface area (Å²) in [7, 11) is 0. The van der Waals surface area contributed by atoms with Crippen molar-refractivity contribution in [3.8, 4) is 11.1 Å². The van der Waals surface area contributed by atoms with E-state index in [4.69, 9.17) is 9.90 Å². The Labute approximate surface area is 231 Å². The summed E-state index contributed by atoms with van der Waals surface area (Å²) in [4.78, 5) is 23.9. The van der Waals surface area contributed by atoms with Gasteiger partial charge in [-0.1, -0.05) is 43.3 Å². The van der Waals surface area contributed by atoms with E-state index in [2.05, 4.69) is 41.5 Å². The molecule has 0 bridgehead atoms. The van der Waals surface area contributed by atoms with Gasteiger partial charge in [0.2, 0.25) is 0 Å². The lowest BCUT2D eigenvalue weighted by molar-refractivity contribution is -0.192. The average Bonchev–Trinajstić information content (AvgIpc) is 2.92. The van der Waals surface area contributed by atoms with Gasteiger partial charge in [0.05, 0.1) is 0 Å². The van der Waals surface area contributed by atoms with Crippen molar-refractivity contribution in [2.45, 2.75) is 45.6 Å². The number of nitrogens with one attached hydrogen (secondary N) is 2. The summed E-state index contributed by atoms with van der Waals surface area (Å²) < 4.78 is 46.5. The van der Waals surface area contributed by atoms with Gasteiger partial charge in [0.25, 0.3) is 5.91 Å². The van der Waals surface area contributed by atoms with Crippen molar-refractivity contribution < 1.29 is 32.3 Å². The Hall–Kier alpha value is -3.76. The molecule has 1 fully saturated rings. The summed E-state index contributed by atoms with van der Waals surface area (Å²) in [5.41, 5.74) is 5.24. The van der Waals surface area contributed by atoms with E-state index in [1.54, 1.807) is 6.07 Å². The molecule has 1 aliphatic rings. The molecule has 0 aromatic heterocycles. The van der Waals surface area contributed by atoms with Crippen molar-refractivity contribution in [2.75, 3.05) is 19.6 Å². The van der Waals surface area contributed by atoms with Crippen LogP contribution < -0.4 is 10.6 Å². The summed E-state index contributed by atoms with van der Waals surface area (Å²) in [5.74, 6) is -3.13. The fourth-order valence-electron chi connectivity index (χ4n) is 4.37. The van der Waals surface area contributed by atoms with Crippen LogP contribution in [0.4, 0.5) is 17.6 Å². The van der Waals surface area contributed by atoms with Crippen molar-refractivity contribution in [3.63, 3.8) is 0 Å². The van der Waals surface area contributed by atoms with Gasteiger partial charge in [0.1, 0.15) is 5.82 Å². The SMILES string of the molecule is CCc1cccc(C(=O)NCc2ccc(F)c(-c3cccc(CN4CCN[C@@H](C)C4)c3)c2)c1.O=C(O)C(F)(F)F. The Morgan fingerprint density at radius 1 is 1.02 bits per heavy atom. The normalized spacial score (nSPS) is 15.6. The fraction of sp³-hybridized carbons (Fsp3) is 0.333. The molecule has 0 radical (unpaired) electrons. The van der Waals surface area contributed by atoms with E-state index in [1.807, 2.05) is 42.5 Å². The van der Waals surface area contributed by atoms with Gasteiger partial charge in [-0.15, -0.1) is 0 Å². The van der Waals surface area contributed by atoms with Crippen molar-refractivity contribution in [1.29, 1.82) is 0 Å². The average molecular weight is 560 g/mol. The van der Waals surface area contributed by atoms with E-state index in [0.717, 1.165) is 49.3 Å². The van der Waals surface area contributed by atoms with Gasteiger partial charge in [-0.3, -0.25) is 9.69 Å². The number of amides is 1. The summed E-state index contributed by atoms with van der Waals surface area (Å²) in [5, 5.41) is 13.5. The minimum atomic E-state index is -5.08. The van der Waals surface area contributed by atoms with Gasteiger partial charge >= 0.3 is 12.1 Å². The first-order valence-electron chi connectivity index (χ1n) is 13.0. The Morgan fingerprint density at radius 3 is 2.40 bits per heavy atom. The Kier molecular flexibility index (Phi) is 10.8. The fourth-order valence-corrected chi connectivity index (χ4v) is 4.37. The van der Waals surface area contributed by atoms with Crippen LogP contribution in [0, 0.1) is 5.82 Å². The molecule has 3 N–H and O–H groups in total. The highest BCUT2D eigenvalue weighted by atomic mass is 19.4. The highest BCUT2D eigenvalue weighted by Crippen LogP contribution is 2.26. The molecule has 10 heteroatoms. The van der Waals surface area contributed by atoms with Crippen molar-refractivity contribution in [1.82, 2.24) is 15.5 Å². The molecule has 6 nitrogen and oxygen atoms in total. The van der Waals surface area contributed by atoms with Gasteiger partial charge in [-0.25, -0.2) is 9.18 Å². The van der Waals surface area contributed by atoms with Crippen molar-refractivity contribution >= 4 is 11.9 Å². The number of alkyl halides is 3. The number of carboxylic acids is 1. The predicted octanol–water partition coefficient (Wildman–Crippen LogP) is 5.41. The summed E-state index contributed by atoms with van der Waals surface area (Å²) in [6.07, 6.45) is -4.20. The van der Waals surface area contributed by atoms with Gasteiger partial charge in [0.15, 0.2) is 0 Å². The van der Waals surface area contributed by atoms with E-state index in [1.165, 1.54) is 11.6 Å². The molecule has 0 saturated carbocycles. The third kappa shape index (κ3) is 9.17. The van der Waals surface area contributed by atoms with Gasteiger partial charge in [0, 0.05) is 49.9 Å². The van der Waals surface area contributed by atoms with E-state index >= 15 is 0 Å². The summed E-state index contributed by atoms with van der Waals surface area (Å²) >= 11 is 0. The van der Waals surface area contributed by atoms with Crippen LogP contribution in [0.5, 0.6) is 0 Å². The zero-order valence-corrected chi connectivity index (χ0v) is 22.4. The molecule has 3 aromatic rings. The maximum atomic E-state index is 14.7. The van der Waals surface area contributed by atoms with Crippen LogP contribution in [0.1, 0.15) is 40.9 Å². The Morgan fingerprint density at radius 2 is 1.73 bits per heavy atom. The molecule has 0 aliphatic carbocycles. The van der Waals surface area contributed by atoms with Gasteiger partial charge in [-0.2, -0.15) is 13.2 Å². The number of hydrogen-bond acceptors (Lipinski definition) is 4. The van der Waals surface area contributed by atoms with Crippen LogP contribution in [0.2, 0.25) is 0 Å². The van der Waals surface area contributed by atoms with Crippen molar-refractivity contribution in [2.24, 2.45) is 0 Å². The highest BCUT2D eigenvalue weighted by Gasteiger charge is 2.38. The smallest absolute Gasteiger partial charge is 0.475 e. The molecule has 1 atom stereocenters. The first-order chi connectivity index (χ1) is 19.0. The highest BCUT2D eigenvalue weighted by molar-refractivity contribution is 5.94. The van der Waals surface area contributed by atoms with Crippen molar-refractivity contribution in [3.05, 3.63) is 94.8 Å². The third-order valence-electron chi connectivity index (χ3n) is 6.42. The molecule has 1 amide bonds. The quantitative estimate of drug-likeness (QED) is 0.337. The van der Waals surface area contributed by atoms with Crippen LogP contribution in [0.25, 0.3) is 11.1 Å². The molecular formula is C30H33F4N3O3. The van der Waals surface area contributed by atoms with Crippen LogP contribution >= 0.6 is 0 Å². The lowest BCUT2D eigenvalue weighted by atomic mass is 10.00. The van der Waals surface area contributed by atoms with Gasteiger partial charge in [-0.05, 0) is 65.9 Å². The molecule has 3 aromatic carbocycles. The van der Waals surface area contributed by atoms with E-state index in [0.29, 0.717) is 23.7 Å². The molecule has 1 heterocycles. The molecule has 0 spiro atoms. The second-order valence-electron chi connectivity index (χ2n) is 9.64. The molecule has 40 heavy (non-hydrogen) atoms. The largest absolute Gasteiger partial charge is 0.490 e. The van der Waals surface area contributed by atoms with Crippen LogP contribution in [-0.4, -0.2) is 53.7 Å². The molecule has 0 unspecified atom stereocenters.